The van der Waals surface area contributed by atoms with Crippen LogP contribution in [-0.4, -0.2) is 54.5 Å². The SMILES string of the molecule is CN=CC([B]OC(C)(C)C(C)(O)[C@@H](C)[n+]1ccn2cc(Br)c(C(=O)OC)cc21)=CN. The highest BCUT2D eigenvalue weighted by molar-refractivity contribution is 9.10. The predicted octanol–water partition coefficient (Wildman–Crippen LogP) is 2.00. The summed E-state index contributed by atoms with van der Waals surface area (Å²) in [5.41, 5.74) is 4.99. The summed E-state index contributed by atoms with van der Waals surface area (Å²) >= 11 is 3.40. The second kappa shape index (κ2) is 9.32. The number of halogens is 1. The van der Waals surface area contributed by atoms with E-state index < -0.39 is 23.2 Å². The van der Waals surface area contributed by atoms with Gasteiger partial charge in [-0.1, -0.05) is 0 Å². The number of carbonyl (C=O) groups excluding carboxylic acids is 1. The number of hydrogen-bond acceptors (Lipinski definition) is 6. The topological polar surface area (TPSA) is 102 Å². The fourth-order valence-corrected chi connectivity index (χ4v) is 3.54. The molecule has 8 nitrogen and oxygen atoms in total. The van der Waals surface area contributed by atoms with Crippen molar-refractivity contribution in [3.05, 3.63) is 46.4 Å². The summed E-state index contributed by atoms with van der Waals surface area (Å²) in [7, 11) is 4.45. The predicted molar refractivity (Wildman–Crippen MR) is 120 cm³/mol. The third-order valence-corrected chi connectivity index (χ3v) is 6.15. The van der Waals surface area contributed by atoms with Crippen molar-refractivity contribution in [2.24, 2.45) is 10.7 Å². The zero-order valence-electron chi connectivity index (χ0n) is 18.1. The number of hydrogen-bond donors (Lipinski definition) is 2. The van der Waals surface area contributed by atoms with Gasteiger partial charge in [0.05, 0.1) is 22.7 Å². The van der Waals surface area contributed by atoms with Crippen molar-refractivity contribution in [3.63, 3.8) is 0 Å². The minimum Gasteiger partial charge on any atom is -0.465 e. The molecule has 1 unspecified atom stereocenters. The Morgan fingerprint density at radius 2 is 2.13 bits per heavy atom. The molecule has 0 bridgehead atoms. The molecule has 0 aromatic carbocycles. The Balaban J connectivity index is 2.41. The molecule has 2 aromatic heterocycles. The summed E-state index contributed by atoms with van der Waals surface area (Å²) in [5, 5.41) is 11.5. The van der Waals surface area contributed by atoms with Crippen molar-refractivity contribution >= 4 is 41.2 Å². The van der Waals surface area contributed by atoms with Crippen LogP contribution in [0.1, 0.15) is 44.1 Å². The van der Waals surface area contributed by atoms with Crippen LogP contribution in [0.3, 0.4) is 0 Å². The maximum absolute atomic E-state index is 12.1. The summed E-state index contributed by atoms with van der Waals surface area (Å²) in [6, 6.07) is 1.30. The standard InChI is InChI=1S/C20H28BBrN4O4/c1-13(20(4,28)19(2,3)30-21-14(10-23)11-24-5)26-8-7-25-12-16(22)15(9-17(25)26)18(27)29-6/h7-13,28H,23H2,1-6H3/q+1/t13-,20?/m1/s1. The van der Waals surface area contributed by atoms with Crippen LogP contribution in [0.4, 0.5) is 0 Å². The van der Waals surface area contributed by atoms with Gasteiger partial charge in [0.2, 0.25) is 0 Å². The summed E-state index contributed by atoms with van der Waals surface area (Å²) in [4.78, 5) is 16.0. The van der Waals surface area contributed by atoms with Crippen LogP contribution in [0.15, 0.2) is 45.8 Å². The van der Waals surface area contributed by atoms with E-state index in [1.165, 1.54) is 20.8 Å². The normalized spacial score (nSPS) is 15.9. The average molecular weight is 479 g/mol. The molecule has 0 amide bonds. The van der Waals surface area contributed by atoms with Crippen LogP contribution in [0.5, 0.6) is 0 Å². The number of imidazole rings is 1. The monoisotopic (exact) mass is 478 g/mol. The first-order valence-corrected chi connectivity index (χ1v) is 10.2. The van der Waals surface area contributed by atoms with Gasteiger partial charge >= 0.3 is 13.5 Å². The number of pyridine rings is 1. The van der Waals surface area contributed by atoms with E-state index in [1.54, 1.807) is 46.3 Å². The molecular weight excluding hydrogens is 451 g/mol. The molecule has 2 rings (SSSR count). The van der Waals surface area contributed by atoms with Gasteiger partial charge in [0.25, 0.3) is 5.65 Å². The highest BCUT2D eigenvalue weighted by Crippen LogP contribution is 2.33. The van der Waals surface area contributed by atoms with E-state index in [1.807, 2.05) is 28.3 Å². The van der Waals surface area contributed by atoms with E-state index in [0.29, 0.717) is 21.2 Å². The lowest BCUT2D eigenvalue weighted by Crippen LogP contribution is -2.61. The van der Waals surface area contributed by atoms with E-state index in [9.17, 15) is 9.90 Å². The van der Waals surface area contributed by atoms with Crippen LogP contribution in [0, 0.1) is 0 Å². The molecule has 10 heteroatoms. The first kappa shape index (κ1) is 24.1. The average Bonchev–Trinajstić information content (AvgIpc) is 3.11. The van der Waals surface area contributed by atoms with Crippen molar-refractivity contribution in [1.82, 2.24) is 4.40 Å². The third-order valence-electron chi connectivity index (χ3n) is 5.52. The Bertz CT molecular complexity index is 985. The number of nitrogens with two attached hydrogens (primary N) is 1. The number of ether oxygens (including phenoxy) is 1. The molecule has 3 N–H and O–H groups in total. The van der Waals surface area contributed by atoms with Crippen LogP contribution >= 0.6 is 15.9 Å². The molecule has 1 radical (unpaired) electrons. The Morgan fingerprint density at radius 1 is 1.47 bits per heavy atom. The third kappa shape index (κ3) is 4.60. The van der Waals surface area contributed by atoms with Gasteiger partial charge in [-0.2, -0.15) is 0 Å². The fraction of sp³-hybridized carbons (Fsp3) is 0.450. The largest absolute Gasteiger partial charge is 0.465 e. The lowest BCUT2D eigenvalue weighted by molar-refractivity contribution is -0.712. The number of allylic oxidation sites excluding steroid dienone is 1. The van der Waals surface area contributed by atoms with E-state index >= 15 is 0 Å². The van der Waals surface area contributed by atoms with E-state index in [2.05, 4.69) is 20.9 Å². The molecule has 161 valence electrons. The van der Waals surface area contributed by atoms with Gasteiger partial charge in [0.15, 0.2) is 0 Å². The molecule has 2 aromatic rings. The highest BCUT2D eigenvalue weighted by Gasteiger charge is 2.48. The Hall–Kier alpha value is -2.17. The van der Waals surface area contributed by atoms with Crippen molar-refractivity contribution in [2.45, 2.75) is 44.9 Å². The molecule has 0 aliphatic rings. The first-order valence-electron chi connectivity index (χ1n) is 9.37. The zero-order chi connectivity index (χ0) is 22.7. The Labute approximate surface area is 185 Å². The molecule has 0 saturated carbocycles. The number of carbonyl (C=O) groups is 1. The zero-order valence-corrected chi connectivity index (χ0v) is 19.7. The summed E-state index contributed by atoms with van der Waals surface area (Å²) in [6.45, 7) is 7.19. The number of fused-ring (bicyclic) bond motifs is 1. The van der Waals surface area contributed by atoms with Gasteiger partial charge < -0.3 is 20.2 Å². The minimum absolute atomic E-state index is 0.393. The van der Waals surface area contributed by atoms with Crippen molar-refractivity contribution in [1.29, 1.82) is 0 Å². The summed E-state index contributed by atoms with van der Waals surface area (Å²) in [6.07, 6.45) is 8.41. The second-order valence-electron chi connectivity index (χ2n) is 7.62. The number of aromatic nitrogens is 2. The van der Waals surface area contributed by atoms with Crippen LogP contribution in [0.2, 0.25) is 0 Å². The van der Waals surface area contributed by atoms with Crippen LogP contribution in [-0.2, 0) is 9.39 Å². The maximum atomic E-state index is 12.1. The number of esters is 1. The number of rotatable bonds is 8. The van der Waals surface area contributed by atoms with Gasteiger partial charge in [0.1, 0.15) is 30.2 Å². The van der Waals surface area contributed by atoms with Gasteiger partial charge in [-0.15, -0.1) is 0 Å². The van der Waals surface area contributed by atoms with Crippen molar-refractivity contribution in [3.8, 4) is 0 Å². The van der Waals surface area contributed by atoms with E-state index in [-0.39, 0.29) is 0 Å². The van der Waals surface area contributed by atoms with Crippen LogP contribution in [0.25, 0.3) is 5.65 Å². The van der Waals surface area contributed by atoms with Gasteiger partial charge in [-0.05, 0) is 55.3 Å². The van der Waals surface area contributed by atoms with Crippen molar-refractivity contribution in [2.75, 3.05) is 14.2 Å². The molecule has 0 spiro atoms. The lowest BCUT2D eigenvalue weighted by atomic mass is 9.78. The summed E-state index contributed by atoms with van der Waals surface area (Å²) in [5.74, 6) is -0.450. The van der Waals surface area contributed by atoms with E-state index in [4.69, 9.17) is 15.1 Å². The Morgan fingerprint density at radius 3 is 2.70 bits per heavy atom. The summed E-state index contributed by atoms with van der Waals surface area (Å²) < 4.78 is 15.1. The fourth-order valence-electron chi connectivity index (χ4n) is 3.04. The first-order chi connectivity index (χ1) is 14.0. The molecule has 30 heavy (non-hydrogen) atoms. The number of nitrogens with zero attached hydrogens (tertiary/aromatic N) is 3. The van der Waals surface area contributed by atoms with Crippen LogP contribution < -0.4 is 10.3 Å². The maximum Gasteiger partial charge on any atom is 0.339 e. The quantitative estimate of drug-likeness (QED) is 0.261. The van der Waals surface area contributed by atoms with Gasteiger partial charge in [0, 0.05) is 19.3 Å². The Kier molecular flexibility index (Phi) is 7.49. The highest BCUT2D eigenvalue weighted by atomic mass is 79.9. The number of aliphatic imine (C=N–C) groups is 1. The lowest BCUT2D eigenvalue weighted by Gasteiger charge is -2.42. The van der Waals surface area contributed by atoms with E-state index in [0.717, 1.165) is 0 Å². The molecular formula is C20H28BBrN4O4+. The van der Waals surface area contributed by atoms with Crippen molar-refractivity contribution < 1.29 is 23.9 Å². The molecule has 0 aliphatic carbocycles. The van der Waals surface area contributed by atoms with Gasteiger partial charge in [-0.25, -0.2) is 13.8 Å². The second-order valence-corrected chi connectivity index (χ2v) is 8.48. The van der Waals surface area contributed by atoms with Gasteiger partial charge in [-0.3, -0.25) is 4.99 Å². The molecule has 2 heterocycles. The molecule has 0 aliphatic heterocycles. The molecule has 0 fully saturated rings. The molecule has 2 atom stereocenters. The number of methoxy groups -OCH3 is 1. The molecule has 0 saturated heterocycles. The smallest absolute Gasteiger partial charge is 0.339 e. The number of aliphatic hydroxyl groups is 1. The minimum atomic E-state index is -1.31.